The van der Waals surface area contributed by atoms with E-state index in [0.717, 1.165) is 31.6 Å². The zero-order valence-electron chi connectivity index (χ0n) is 12.8. The van der Waals surface area contributed by atoms with Gasteiger partial charge in [0.1, 0.15) is 0 Å². The van der Waals surface area contributed by atoms with E-state index in [9.17, 15) is 4.79 Å². The van der Waals surface area contributed by atoms with Crippen molar-refractivity contribution in [2.75, 3.05) is 6.54 Å². The second-order valence-electron chi connectivity index (χ2n) is 6.53. The lowest BCUT2D eigenvalue weighted by atomic mass is 9.79. The first-order valence-electron chi connectivity index (χ1n) is 8.43. The first-order valence-corrected chi connectivity index (χ1v) is 8.43. The second-order valence-corrected chi connectivity index (χ2v) is 6.53. The fourth-order valence-corrected chi connectivity index (χ4v) is 3.45. The van der Waals surface area contributed by atoms with Crippen LogP contribution in [0.4, 0.5) is 0 Å². The number of nitrogens with zero attached hydrogens (tertiary/aromatic N) is 2. The molecule has 0 aliphatic heterocycles. The Balaban J connectivity index is 1.79. The molecule has 2 saturated carbocycles. The largest absolute Gasteiger partial charge is 0.338 e. The number of rotatable bonds is 7. The van der Waals surface area contributed by atoms with Gasteiger partial charge in [-0.3, -0.25) is 4.79 Å². The van der Waals surface area contributed by atoms with Gasteiger partial charge >= 0.3 is 0 Å². The van der Waals surface area contributed by atoms with Crippen molar-refractivity contribution in [3.8, 4) is 6.07 Å². The number of amides is 1. The van der Waals surface area contributed by atoms with Gasteiger partial charge in [-0.05, 0) is 44.4 Å². The molecule has 0 aromatic rings. The Morgan fingerprint density at radius 2 is 1.90 bits per heavy atom. The Morgan fingerprint density at radius 1 is 1.20 bits per heavy atom. The summed E-state index contributed by atoms with van der Waals surface area (Å²) in [7, 11) is 0. The molecule has 0 atom stereocenters. The molecule has 0 N–H and O–H groups in total. The molecule has 0 spiro atoms. The molecule has 2 rings (SSSR count). The minimum absolute atomic E-state index is 0.243. The monoisotopic (exact) mass is 276 g/mol. The maximum atomic E-state index is 12.6. The molecule has 2 fully saturated rings. The summed E-state index contributed by atoms with van der Waals surface area (Å²) in [6.07, 6.45) is 11.3. The smallest absolute Gasteiger partial charge is 0.225 e. The second kappa shape index (κ2) is 7.67. The van der Waals surface area contributed by atoms with E-state index in [-0.39, 0.29) is 5.92 Å². The van der Waals surface area contributed by atoms with E-state index in [1.54, 1.807) is 0 Å². The molecular weight excluding hydrogens is 248 g/mol. The molecule has 20 heavy (non-hydrogen) atoms. The molecule has 0 heterocycles. The van der Waals surface area contributed by atoms with Crippen molar-refractivity contribution in [1.29, 1.82) is 5.26 Å². The third kappa shape index (κ3) is 4.23. The number of unbranched alkanes of at least 4 members (excludes halogenated alkanes) is 1. The van der Waals surface area contributed by atoms with Crippen LogP contribution in [-0.2, 0) is 4.79 Å². The molecule has 2 aliphatic rings. The highest BCUT2D eigenvalue weighted by Gasteiger charge is 2.36. The van der Waals surface area contributed by atoms with Crippen molar-refractivity contribution in [2.45, 2.75) is 77.2 Å². The SMILES string of the molecule is CCCCC1CCC(C(=O)N(CCC#N)C2CC2)CC1. The summed E-state index contributed by atoms with van der Waals surface area (Å²) in [4.78, 5) is 14.6. The number of hydrogen-bond acceptors (Lipinski definition) is 2. The van der Waals surface area contributed by atoms with E-state index < -0.39 is 0 Å². The van der Waals surface area contributed by atoms with Gasteiger partial charge in [0.15, 0.2) is 0 Å². The summed E-state index contributed by atoms with van der Waals surface area (Å²) in [5.41, 5.74) is 0. The Kier molecular flexibility index (Phi) is 5.88. The van der Waals surface area contributed by atoms with E-state index in [4.69, 9.17) is 5.26 Å². The Morgan fingerprint density at radius 3 is 2.45 bits per heavy atom. The summed E-state index contributed by atoms with van der Waals surface area (Å²) in [5.74, 6) is 1.44. The van der Waals surface area contributed by atoms with E-state index in [2.05, 4.69) is 13.0 Å². The summed E-state index contributed by atoms with van der Waals surface area (Å²) in [5, 5.41) is 8.74. The number of nitriles is 1. The average Bonchev–Trinajstić information content (AvgIpc) is 3.30. The van der Waals surface area contributed by atoms with Crippen molar-refractivity contribution < 1.29 is 4.79 Å². The van der Waals surface area contributed by atoms with Crippen molar-refractivity contribution in [3.63, 3.8) is 0 Å². The highest BCUT2D eigenvalue weighted by atomic mass is 16.2. The van der Waals surface area contributed by atoms with Crippen molar-refractivity contribution in [1.82, 2.24) is 4.90 Å². The van der Waals surface area contributed by atoms with Crippen LogP contribution in [0.25, 0.3) is 0 Å². The highest BCUT2D eigenvalue weighted by Crippen LogP contribution is 2.35. The van der Waals surface area contributed by atoms with Crippen LogP contribution < -0.4 is 0 Å². The topological polar surface area (TPSA) is 44.1 Å². The predicted molar refractivity (Wildman–Crippen MR) is 79.9 cm³/mol. The molecule has 0 aromatic heterocycles. The Hall–Kier alpha value is -1.04. The van der Waals surface area contributed by atoms with Gasteiger partial charge in [-0.2, -0.15) is 5.26 Å². The highest BCUT2D eigenvalue weighted by molar-refractivity contribution is 5.79. The molecule has 112 valence electrons. The van der Waals surface area contributed by atoms with Crippen LogP contribution in [0.15, 0.2) is 0 Å². The lowest BCUT2D eigenvalue weighted by Crippen LogP contribution is -2.39. The van der Waals surface area contributed by atoms with Crippen LogP contribution in [0, 0.1) is 23.2 Å². The number of carbonyl (C=O) groups excluding carboxylic acids is 1. The maximum absolute atomic E-state index is 12.6. The molecule has 0 unspecified atom stereocenters. The minimum atomic E-state index is 0.243. The van der Waals surface area contributed by atoms with Crippen LogP contribution in [-0.4, -0.2) is 23.4 Å². The van der Waals surface area contributed by atoms with Crippen LogP contribution in [0.1, 0.15) is 71.1 Å². The van der Waals surface area contributed by atoms with Gasteiger partial charge in [-0.15, -0.1) is 0 Å². The number of carbonyl (C=O) groups is 1. The third-order valence-corrected chi connectivity index (χ3v) is 4.90. The van der Waals surface area contributed by atoms with Crippen LogP contribution in [0.3, 0.4) is 0 Å². The van der Waals surface area contributed by atoms with E-state index >= 15 is 0 Å². The van der Waals surface area contributed by atoms with Gasteiger partial charge in [0.2, 0.25) is 5.91 Å². The first-order chi connectivity index (χ1) is 9.76. The third-order valence-electron chi connectivity index (χ3n) is 4.90. The molecular formula is C17H28N2O. The van der Waals surface area contributed by atoms with Gasteiger partial charge in [0.05, 0.1) is 12.5 Å². The zero-order chi connectivity index (χ0) is 14.4. The van der Waals surface area contributed by atoms with Gasteiger partial charge in [-0.1, -0.05) is 26.2 Å². The Labute approximate surface area is 123 Å². The zero-order valence-corrected chi connectivity index (χ0v) is 12.8. The molecule has 3 nitrogen and oxygen atoms in total. The number of hydrogen-bond donors (Lipinski definition) is 0. The quantitative estimate of drug-likeness (QED) is 0.708. The van der Waals surface area contributed by atoms with E-state index in [0.29, 0.717) is 24.9 Å². The van der Waals surface area contributed by atoms with Gasteiger partial charge in [-0.25, -0.2) is 0 Å². The standard InChI is InChI=1S/C17H28N2O/c1-2-3-5-14-6-8-15(9-7-14)17(20)19(13-4-12-18)16-10-11-16/h14-16H,2-11,13H2,1H3. The van der Waals surface area contributed by atoms with Crippen LogP contribution in [0.2, 0.25) is 0 Å². The van der Waals surface area contributed by atoms with Crippen molar-refractivity contribution in [2.24, 2.45) is 11.8 Å². The molecule has 0 aromatic carbocycles. The molecule has 0 bridgehead atoms. The van der Waals surface area contributed by atoms with Crippen LogP contribution in [0.5, 0.6) is 0 Å². The van der Waals surface area contributed by atoms with E-state index in [1.165, 1.54) is 32.1 Å². The molecule has 0 saturated heterocycles. The predicted octanol–water partition coefficient (Wildman–Crippen LogP) is 3.89. The van der Waals surface area contributed by atoms with Gasteiger partial charge in [0, 0.05) is 18.5 Å². The van der Waals surface area contributed by atoms with Gasteiger partial charge in [0.25, 0.3) is 0 Å². The lowest BCUT2D eigenvalue weighted by molar-refractivity contribution is -0.137. The first kappa shape index (κ1) is 15.4. The summed E-state index contributed by atoms with van der Waals surface area (Å²) in [6.45, 7) is 2.90. The molecule has 2 aliphatic carbocycles. The molecule has 0 radical (unpaired) electrons. The van der Waals surface area contributed by atoms with Crippen LogP contribution >= 0.6 is 0 Å². The summed E-state index contributed by atoms with van der Waals surface area (Å²) in [6, 6.07) is 2.63. The molecule has 1 amide bonds. The summed E-state index contributed by atoms with van der Waals surface area (Å²) >= 11 is 0. The van der Waals surface area contributed by atoms with Crippen molar-refractivity contribution >= 4 is 5.91 Å². The normalized spacial score (nSPS) is 26.0. The maximum Gasteiger partial charge on any atom is 0.225 e. The lowest BCUT2D eigenvalue weighted by Gasteiger charge is -2.32. The molecule has 3 heteroatoms. The van der Waals surface area contributed by atoms with E-state index in [1.807, 2.05) is 4.90 Å². The fourth-order valence-electron chi connectivity index (χ4n) is 3.45. The summed E-state index contributed by atoms with van der Waals surface area (Å²) < 4.78 is 0. The van der Waals surface area contributed by atoms with Gasteiger partial charge < -0.3 is 4.90 Å². The fraction of sp³-hybridized carbons (Fsp3) is 0.882. The van der Waals surface area contributed by atoms with Crippen molar-refractivity contribution in [3.05, 3.63) is 0 Å². The Bertz CT molecular complexity index is 348. The average molecular weight is 276 g/mol. The minimum Gasteiger partial charge on any atom is -0.338 e.